The van der Waals surface area contributed by atoms with Crippen LogP contribution in [0.1, 0.15) is 55.4 Å². The Bertz CT molecular complexity index is 936. The Morgan fingerprint density at radius 2 is 1.60 bits per heavy atom. The van der Waals surface area contributed by atoms with Crippen LogP contribution in [0.4, 0.5) is 8.78 Å². The van der Waals surface area contributed by atoms with E-state index in [0.29, 0.717) is 35.5 Å². The fraction of sp³-hybridized carbons (Fsp3) is 0.400. The summed E-state index contributed by atoms with van der Waals surface area (Å²) in [4.78, 5) is 13.6. The molecule has 0 saturated carbocycles. The summed E-state index contributed by atoms with van der Waals surface area (Å²) in [6.45, 7) is 6.19. The van der Waals surface area contributed by atoms with Gasteiger partial charge in [0.1, 0.15) is 17.4 Å². The Hall–Kier alpha value is -2.14. The zero-order chi connectivity index (χ0) is 21.8. The van der Waals surface area contributed by atoms with Crippen LogP contribution < -0.4 is 0 Å². The quantitative estimate of drug-likeness (QED) is 0.489. The lowest BCUT2D eigenvalue weighted by Gasteiger charge is -2.26. The number of ketones is 1. The fourth-order valence-corrected chi connectivity index (χ4v) is 5.32. The van der Waals surface area contributed by atoms with E-state index in [9.17, 15) is 18.7 Å². The van der Waals surface area contributed by atoms with Crippen molar-refractivity contribution in [3.8, 4) is 0 Å². The van der Waals surface area contributed by atoms with Gasteiger partial charge in [-0.2, -0.15) is 0 Å². The van der Waals surface area contributed by atoms with Crippen LogP contribution in [0.5, 0.6) is 0 Å². The molecule has 0 bridgehead atoms. The minimum atomic E-state index is -0.591. The van der Waals surface area contributed by atoms with Gasteiger partial charge in [0, 0.05) is 23.8 Å². The summed E-state index contributed by atoms with van der Waals surface area (Å²) in [5.74, 6) is -0.355. The zero-order valence-corrected chi connectivity index (χ0v) is 18.5. The van der Waals surface area contributed by atoms with E-state index in [-0.39, 0.29) is 17.5 Å². The van der Waals surface area contributed by atoms with Crippen LogP contribution in [-0.2, 0) is 17.6 Å². The third-order valence-corrected chi connectivity index (χ3v) is 6.62. The Labute approximate surface area is 181 Å². The second kappa shape index (κ2) is 9.78. The highest BCUT2D eigenvalue weighted by Gasteiger charge is 2.30. The molecule has 160 valence electrons. The molecule has 1 atom stereocenters. The third kappa shape index (κ3) is 5.12. The van der Waals surface area contributed by atoms with Gasteiger partial charge in [0.2, 0.25) is 0 Å². The molecule has 30 heavy (non-hydrogen) atoms. The summed E-state index contributed by atoms with van der Waals surface area (Å²) < 4.78 is 26.7. The van der Waals surface area contributed by atoms with Crippen molar-refractivity contribution in [3.05, 3.63) is 70.0 Å². The van der Waals surface area contributed by atoms with Crippen molar-refractivity contribution in [1.82, 2.24) is 0 Å². The Morgan fingerprint density at radius 1 is 1.00 bits per heavy atom. The number of carbonyl (C=O) groups excluding carboxylic acids is 1. The minimum absolute atomic E-state index is 0.0150. The van der Waals surface area contributed by atoms with Crippen molar-refractivity contribution in [2.45, 2.75) is 57.8 Å². The summed E-state index contributed by atoms with van der Waals surface area (Å²) in [5.41, 5.74) is 4.77. The molecule has 0 spiro atoms. The number of rotatable bonds is 7. The van der Waals surface area contributed by atoms with E-state index in [2.05, 4.69) is 32.9 Å². The fourth-order valence-electron chi connectivity index (χ4n) is 4.24. The minimum Gasteiger partial charge on any atom is -0.512 e. The molecule has 0 saturated heterocycles. The van der Waals surface area contributed by atoms with E-state index in [1.54, 1.807) is 0 Å². The van der Waals surface area contributed by atoms with Gasteiger partial charge in [-0.1, -0.05) is 31.5 Å². The van der Waals surface area contributed by atoms with Gasteiger partial charge in [-0.05, 0) is 66.7 Å². The number of hydrogen-bond donors (Lipinski definition) is 1. The molecule has 2 aromatic rings. The standard InChI is InChI=1S/C25H28F2O2S/c1-4-17-8-15(3)9-18(5-2)24(17)25-22(28)10-16(11-23(25)29)6-7-30-21-13-19(26)12-20(27)14-21/h8-9,12-14,16,28H,4-7,10-11H2,1-3H3. The highest BCUT2D eigenvalue weighted by Crippen LogP contribution is 2.38. The predicted molar refractivity (Wildman–Crippen MR) is 119 cm³/mol. The topological polar surface area (TPSA) is 37.3 Å². The molecular formula is C25H28F2O2S. The van der Waals surface area contributed by atoms with Gasteiger partial charge >= 0.3 is 0 Å². The molecule has 1 N–H and O–H groups in total. The van der Waals surface area contributed by atoms with E-state index < -0.39 is 11.6 Å². The van der Waals surface area contributed by atoms with Gasteiger partial charge in [0.25, 0.3) is 0 Å². The van der Waals surface area contributed by atoms with Gasteiger partial charge in [-0.15, -0.1) is 11.8 Å². The van der Waals surface area contributed by atoms with Crippen molar-refractivity contribution in [2.75, 3.05) is 5.75 Å². The van der Waals surface area contributed by atoms with Gasteiger partial charge in [0.15, 0.2) is 5.78 Å². The summed E-state index contributed by atoms with van der Waals surface area (Å²) in [6.07, 6.45) is 3.15. The smallest absolute Gasteiger partial charge is 0.167 e. The largest absolute Gasteiger partial charge is 0.512 e. The number of halogens is 2. The number of aliphatic hydroxyl groups is 1. The Kier molecular flexibility index (Phi) is 7.35. The number of benzene rings is 2. The van der Waals surface area contributed by atoms with Gasteiger partial charge in [-0.25, -0.2) is 8.78 Å². The Balaban J connectivity index is 1.75. The lowest BCUT2D eigenvalue weighted by Crippen LogP contribution is -2.21. The van der Waals surface area contributed by atoms with Crippen LogP contribution in [0.3, 0.4) is 0 Å². The molecule has 0 radical (unpaired) electrons. The second-order valence-corrected chi connectivity index (χ2v) is 9.10. The number of Topliss-reactive ketones (excluding diaryl/α,β-unsaturated/α-hetero) is 1. The van der Waals surface area contributed by atoms with Gasteiger partial charge in [-0.3, -0.25) is 4.79 Å². The molecule has 2 aromatic carbocycles. The molecule has 5 heteroatoms. The molecule has 0 fully saturated rings. The first-order valence-electron chi connectivity index (χ1n) is 10.5. The molecule has 0 heterocycles. The van der Waals surface area contributed by atoms with Crippen molar-refractivity contribution < 1.29 is 18.7 Å². The highest BCUT2D eigenvalue weighted by atomic mass is 32.2. The first-order chi connectivity index (χ1) is 14.3. The molecule has 1 aliphatic rings. The molecule has 2 nitrogen and oxygen atoms in total. The molecule has 0 amide bonds. The molecule has 3 rings (SSSR count). The third-order valence-electron chi connectivity index (χ3n) is 5.61. The van der Waals surface area contributed by atoms with Crippen LogP contribution in [-0.4, -0.2) is 16.6 Å². The first kappa shape index (κ1) is 22.5. The van der Waals surface area contributed by atoms with E-state index >= 15 is 0 Å². The van der Waals surface area contributed by atoms with Crippen LogP contribution >= 0.6 is 11.8 Å². The normalized spacial score (nSPS) is 17.0. The summed E-state index contributed by atoms with van der Waals surface area (Å²) in [5, 5.41) is 10.8. The maximum Gasteiger partial charge on any atom is 0.167 e. The van der Waals surface area contributed by atoms with Crippen LogP contribution in [0.2, 0.25) is 0 Å². The van der Waals surface area contributed by atoms with E-state index in [1.165, 1.54) is 29.5 Å². The molecule has 1 aliphatic carbocycles. The van der Waals surface area contributed by atoms with Crippen molar-refractivity contribution in [3.63, 3.8) is 0 Å². The summed E-state index contributed by atoms with van der Waals surface area (Å²) in [6, 6.07) is 7.68. The van der Waals surface area contributed by atoms with E-state index in [4.69, 9.17) is 0 Å². The van der Waals surface area contributed by atoms with Crippen LogP contribution in [0.25, 0.3) is 5.57 Å². The molecule has 0 aromatic heterocycles. The number of aryl methyl sites for hydroxylation is 3. The average molecular weight is 431 g/mol. The van der Waals surface area contributed by atoms with Crippen molar-refractivity contribution in [2.24, 2.45) is 5.92 Å². The summed E-state index contributed by atoms with van der Waals surface area (Å²) >= 11 is 1.37. The number of thioether (sulfide) groups is 1. The summed E-state index contributed by atoms with van der Waals surface area (Å²) in [7, 11) is 0. The van der Waals surface area contributed by atoms with Gasteiger partial charge < -0.3 is 5.11 Å². The van der Waals surface area contributed by atoms with Gasteiger partial charge in [0.05, 0.1) is 5.57 Å². The zero-order valence-electron chi connectivity index (χ0n) is 17.7. The van der Waals surface area contributed by atoms with Crippen molar-refractivity contribution >= 4 is 23.1 Å². The maximum atomic E-state index is 13.3. The first-order valence-corrected chi connectivity index (χ1v) is 11.5. The average Bonchev–Trinajstić information content (AvgIpc) is 2.67. The molecule has 1 unspecified atom stereocenters. The van der Waals surface area contributed by atoms with E-state index in [1.807, 2.05) is 0 Å². The lowest BCUT2D eigenvalue weighted by atomic mass is 9.79. The number of allylic oxidation sites excluding steroid dienone is 2. The lowest BCUT2D eigenvalue weighted by molar-refractivity contribution is -0.115. The van der Waals surface area contributed by atoms with Crippen molar-refractivity contribution in [1.29, 1.82) is 0 Å². The maximum absolute atomic E-state index is 13.3. The number of carbonyl (C=O) groups is 1. The number of hydrogen-bond acceptors (Lipinski definition) is 3. The second-order valence-electron chi connectivity index (χ2n) is 7.93. The molecule has 0 aliphatic heterocycles. The number of aliphatic hydroxyl groups excluding tert-OH is 1. The highest BCUT2D eigenvalue weighted by molar-refractivity contribution is 7.99. The monoisotopic (exact) mass is 430 g/mol. The predicted octanol–water partition coefficient (Wildman–Crippen LogP) is 6.83. The molecular weight excluding hydrogens is 402 g/mol. The SMILES string of the molecule is CCc1cc(C)cc(CC)c1C1=C(O)CC(CCSc2cc(F)cc(F)c2)CC1=O. The Morgan fingerprint density at radius 3 is 2.13 bits per heavy atom. The van der Waals surface area contributed by atoms with Crippen LogP contribution in [0.15, 0.2) is 41.0 Å². The van der Waals surface area contributed by atoms with Crippen LogP contribution in [0, 0.1) is 24.5 Å². The van der Waals surface area contributed by atoms with E-state index in [0.717, 1.165) is 35.6 Å².